The van der Waals surface area contributed by atoms with Gasteiger partial charge < -0.3 is 4.90 Å². The van der Waals surface area contributed by atoms with Crippen LogP contribution in [0.25, 0.3) is 0 Å². The Labute approximate surface area is 112 Å². The highest BCUT2D eigenvalue weighted by atomic mass is 16.2. The Balaban J connectivity index is 2.29. The molecule has 0 atom stereocenters. The average molecular weight is 247 g/mol. The lowest BCUT2D eigenvalue weighted by Gasteiger charge is -2.21. The van der Waals surface area contributed by atoms with Gasteiger partial charge in [0.15, 0.2) is 0 Å². The van der Waals surface area contributed by atoms with Gasteiger partial charge in [0.05, 0.1) is 11.3 Å². The van der Waals surface area contributed by atoms with E-state index in [1.54, 1.807) is 11.9 Å². The van der Waals surface area contributed by atoms with Crippen LogP contribution in [0.1, 0.15) is 27.0 Å². The van der Waals surface area contributed by atoms with E-state index in [4.69, 9.17) is 0 Å². The Morgan fingerprint density at radius 3 is 2.58 bits per heavy atom. The van der Waals surface area contributed by atoms with Crippen molar-refractivity contribution in [3.05, 3.63) is 64.7 Å². The predicted octanol–water partition coefficient (Wildman–Crippen LogP) is 2.98. The minimum atomic E-state index is -0.0172. The highest BCUT2D eigenvalue weighted by Gasteiger charge is 2.19. The summed E-state index contributed by atoms with van der Waals surface area (Å²) in [5.41, 5.74) is 4.31. The van der Waals surface area contributed by atoms with E-state index in [9.17, 15) is 4.79 Å². The van der Waals surface area contributed by atoms with Gasteiger partial charge >= 0.3 is 0 Å². The van der Waals surface area contributed by atoms with Gasteiger partial charge in [-0.1, -0.05) is 30.0 Å². The summed E-state index contributed by atoms with van der Waals surface area (Å²) in [7, 11) is 1.80. The summed E-state index contributed by atoms with van der Waals surface area (Å²) in [6.07, 6.45) is 0. The minimum Gasteiger partial charge on any atom is -0.310 e. The molecule has 0 saturated carbocycles. The van der Waals surface area contributed by atoms with Gasteiger partial charge in [0.1, 0.15) is 0 Å². The molecule has 0 unspecified atom stereocenters. The molecule has 2 nitrogen and oxygen atoms in total. The lowest BCUT2D eigenvalue weighted by Crippen LogP contribution is -2.28. The van der Waals surface area contributed by atoms with Crippen molar-refractivity contribution < 1.29 is 4.79 Å². The fourth-order valence-electron chi connectivity index (χ4n) is 2.23. The lowest BCUT2D eigenvalue weighted by atomic mass is 10.0. The van der Waals surface area contributed by atoms with Crippen molar-refractivity contribution in [2.24, 2.45) is 0 Å². The van der Waals surface area contributed by atoms with Crippen molar-refractivity contribution in [2.75, 3.05) is 11.9 Å². The Kier molecular flexibility index (Phi) is 2.61. The molecule has 0 saturated heterocycles. The van der Waals surface area contributed by atoms with Crippen molar-refractivity contribution in [2.45, 2.75) is 6.92 Å². The highest BCUT2D eigenvalue weighted by Crippen LogP contribution is 2.25. The molecular formula is C17H13NO. The Hall–Kier alpha value is -2.53. The van der Waals surface area contributed by atoms with Crippen LogP contribution < -0.4 is 4.90 Å². The van der Waals surface area contributed by atoms with E-state index in [0.29, 0.717) is 5.56 Å². The number of carbonyl (C=O) groups is 1. The quantitative estimate of drug-likeness (QED) is 0.655. The third-order valence-corrected chi connectivity index (χ3v) is 3.31. The summed E-state index contributed by atoms with van der Waals surface area (Å²) in [5.74, 6) is 6.23. The minimum absolute atomic E-state index is 0.0172. The number of anilines is 1. The number of rotatable bonds is 0. The van der Waals surface area contributed by atoms with Gasteiger partial charge in [-0.25, -0.2) is 0 Å². The van der Waals surface area contributed by atoms with Gasteiger partial charge in [-0.15, -0.1) is 0 Å². The molecule has 3 rings (SSSR count). The summed E-state index contributed by atoms with van der Waals surface area (Å²) < 4.78 is 0. The van der Waals surface area contributed by atoms with Gasteiger partial charge in [0.2, 0.25) is 0 Å². The molecule has 0 spiro atoms. The number of hydrogen-bond acceptors (Lipinski definition) is 1. The van der Waals surface area contributed by atoms with Gasteiger partial charge in [-0.05, 0) is 36.8 Å². The molecule has 0 aliphatic carbocycles. The zero-order valence-electron chi connectivity index (χ0n) is 10.9. The van der Waals surface area contributed by atoms with Crippen LogP contribution in [0.15, 0.2) is 42.5 Å². The van der Waals surface area contributed by atoms with Crippen LogP contribution in [0.2, 0.25) is 0 Å². The summed E-state index contributed by atoms with van der Waals surface area (Å²) >= 11 is 0. The molecule has 19 heavy (non-hydrogen) atoms. The highest BCUT2D eigenvalue weighted by molar-refractivity contribution is 6.08. The number of benzene rings is 2. The number of fused-ring (bicyclic) bond motifs is 2. The zero-order valence-corrected chi connectivity index (χ0v) is 10.9. The van der Waals surface area contributed by atoms with Crippen LogP contribution in [0, 0.1) is 18.8 Å². The van der Waals surface area contributed by atoms with Crippen molar-refractivity contribution in [3.8, 4) is 11.8 Å². The molecular weight excluding hydrogens is 234 g/mol. The van der Waals surface area contributed by atoms with E-state index in [2.05, 4.69) is 11.8 Å². The molecule has 0 bridgehead atoms. The first-order chi connectivity index (χ1) is 9.16. The maximum atomic E-state index is 12.5. The van der Waals surface area contributed by atoms with Crippen LogP contribution in [-0.2, 0) is 0 Å². The van der Waals surface area contributed by atoms with Gasteiger partial charge in [0.25, 0.3) is 5.91 Å². The fraction of sp³-hybridized carbons (Fsp3) is 0.118. The topological polar surface area (TPSA) is 20.3 Å². The second kappa shape index (κ2) is 4.29. The third-order valence-electron chi connectivity index (χ3n) is 3.31. The van der Waals surface area contributed by atoms with Crippen molar-refractivity contribution in [1.82, 2.24) is 0 Å². The maximum absolute atomic E-state index is 12.5. The average Bonchev–Trinajstić information content (AvgIpc) is 2.43. The van der Waals surface area contributed by atoms with E-state index < -0.39 is 0 Å². The van der Waals surface area contributed by atoms with Crippen LogP contribution >= 0.6 is 0 Å². The third kappa shape index (κ3) is 1.90. The first-order valence-corrected chi connectivity index (χ1v) is 6.16. The summed E-state index contributed by atoms with van der Waals surface area (Å²) in [4.78, 5) is 14.2. The predicted molar refractivity (Wildman–Crippen MR) is 76.3 cm³/mol. The molecule has 2 aromatic rings. The van der Waals surface area contributed by atoms with Crippen LogP contribution in [0.4, 0.5) is 5.69 Å². The Morgan fingerprint density at radius 2 is 1.74 bits per heavy atom. The monoisotopic (exact) mass is 247 g/mol. The number of nitrogens with zero attached hydrogens (tertiary/aromatic N) is 1. The van der Waals surface area contributed by atoms with Crippen molar-refractivity contribution in [3.63, 3.8) is 0 Å². The Morgan fingerprint density at radius 1 is 1.00 bits per heavy atom. The molecule has 0 aromatic heterocycles. The van der Waals surface area contributed by atoms with Crippen LogP contribution in [0.3, 0.4) is 0 Å². The molecule has 1 aliphatic rings. The van der Waals surface area contributed by atoms with Gasteiger partial charge in [0, 0.05) is 18.2 Å². The van der Waals surface area contributed by atoms with Crippen molar-refractivity contribution >= 4 is 11.6 Å². The molecule has 0 N–H and O–H groups in total. The lowest BCUT2D eigenvalue weighted by molar-refractivity contribution is 0.0992. The largest absolute Gasteiger partial charge is 0.310 e. The molecule has 0 fully saturated rings. The second-order valence-electron chi connectivity index (χ2n) is 4.68. The van der Waals surface area contributed by atoms with E-state index in [-0.39, 0.29) is 5.91 Å². The first kappa shape index (κ1) is 11.6. The van der Waals surface area contributed by atoms with Crippen LogP contribution in [-0.4, -0.2) is 13.0 Å². The number of carbonyl (C=O) groups excluding carboxylic acids is 1. The van der Waals surface area contributed by atoms with E-state index in [1.807, 2.05) is 49.4 Å². The van der Waals surface area contributed by atoms with Gasteiger partial charge in [-0.2, -0.15) is 0 Å². The van der Waals surface area contributed by atoms with Gasteiger partial charge in [-0.3, -0.25) is 4.79 Å². The SMILES string of the molecule is Cc1ccc2c(c1)N(C)C(=O)c1ccccc1C#C2. The van der Waals surface area contributed by atoms with Crippen molar-refractivity contribution in [1.29, 1.82) is 0 Å². The van der Waals surface area contributed by atoms with Crippen LogP contribution in [0.5, 0.6) is 0 Å². The Bertz CT molecular complexity index is 734. The van der Waals surface area contributed by atoms with E-state index in [0.717, 1.165) is 22.4 Å². The molecule has 1 heterocycles. The summed E-state index contributed by atoms with van der Waals surface area (Å²) in [6.45, 7) is 2.01. The maximum Gasteiger partial charge on any atom is 0.259 e. The molecule has 92 valence electrons. The van der Waals surface area contributed by atoms with E-state index in [1.165, 1.54) is 0 Å². The summed E-state index contributed by atoms with van der Waals surface area (Å²) in [5, 5.41) is 0. The standard InChI is InChI=1S/C17H13NO/c1-12-7-8-14-10-9-13-5-3-4-6-15(13)17(19)18(2)16(14)11-12/h3-8,11H,1-2H3. The number of hydrogen-bond donors (Lipinski definition) is 0. The number of amides is 1. The smallest absolute Gasteiger partial charge is 0.259 e. The molecule has 1 amide bonds. The number of aryl methyl sites for hydroxylation is 1. The zero-order chi connectivity index (χ0) is 13.4. The van der Waals surface area contributed by atoms with E-state index >= 15 is 0 Å². The summed E-state index contributed by atoms with van der Waals surface area (Å²) in [6, 6.07) is 13.4. The first-order valence-electron chi connectivity index (χ1n) is 6.16. The molecule has 2 aromatic carbocycles. The molecule has 1 aliphatic heterocycles. The second-order valence-corrected chi connectivity index (χ2v) is 4.68. The molecule has 0 radical (unpaired) electrons. The molecule has 2 heteroatoms. The normalized spacial score (nSPS) is 12.7. The fourth-order valence-corrected chi connectivity index (χ4v) is 2.23.